The molecule has 0 aliphatic carbocycles. The van der Waals surface area contributed by atoms with E-state index < -0.39 is 11.6 Å². The third-order valence-electron chi connectivity index (χ3n) is 4.46. The van der Waals surface area contributed by atoms with E-state index in [0.29, 0.717) is 53.8 Å². The summed E-state index contributed by atoms with van der Waals surface area (Å²) in [6.07, 6.45) is 0. The Kier molecular flexibility index (Phi) is 7.79. The summed E-state index contributed by atoms with van der Waals surface area (Å²) in [5, 5.41) is 0.496. The van der Waals surface area contributed by atoms with Gasteiger partial charge in [0.25, 0.3) is 5.91 Å². The molecule has 168 valence electrons. The van der Waals surface area contributed by atoms with Crippen molar-refractivity contribution in [2.24, 2.45) is 0 Å². The third kappa shape index (κ3) is 7.01. The molecule has 6 nitrogen and oxygen atoms in total. The topological polar surface area (TPSA) is 65.1 Å². The summed E-state index contributed by atoms with van der Waals surface area (Å²) in [7, 11) is 0. The molecule has 0 spiro atoms. The second kappa shape index (κ2) is 10.5. The van der Waals surface area contributed by atoms with Crippen molar-refractivity contribution in [1.29, 1.82) is 0 Å². The molecule has 0 N–H and O–H groups in total. The van der Waals surface area contributed by atoms with E-state index in [1.165, 1.54) is 0 Å². The molecule has 0 aromatic heterocycles. The first-order chi connectivity index (χ1) is 15.2. The second-order valence-electron chi connectivity index (χ2n) is 8.25. The lowest BCUT2D eigenvalue weighted by molar-refractivity contribution is -0.157. The van der Waals surface area contributed by atoms with Crippen LogP contribution in [0.2, 0.25) is 5.02 Å². The molecule has 0 radical (unpaired) electrons. The number of hydrogen-bond acceptors (Lipinski definition) is 5. The number of esters is 1. The van der Waals surface area contributed by atoms with Crippen molar-refractivity contribution in [2.75, 3.05) is 32.9 Å². The number of ether oxygens (including phenoxy) is 3. The highest BCUT2D eigenvalue weighted by molar-refractivity contribution is 6.30. The van der Waals surface area contributed by atoms with Crippen molar-refractivity contribution in [3.05, 3.63) is 64.2 Å². The van der Waals surface area contributed by atoms with Gasteiger partial charge in [0.15, 0.2) is 6.61 Å². The normalized spacial score (nSPS) is 13.7. The number of hydrogen-bond donors (Lipinski definition) is 0. The molecule has 1 saturated heterocycles. The van der Waals surface area contributed by atoms with Gasteiger partial charge in [-0.05, 0) is 57.2 Å². The minimum Gasteiger partial charge on any atom is -0.481 e. The van der Waals surface area contributed by atoms with Gasteiger partial charge in [-0.1, -0.05) is 29.5 Å². The van der Waals surface area contributed by atoms with E-state index in [1.807, 2.05) is 6.07 Å². The lowest BCUT2D eigenvalue weighted by Gasteiger charge is -2.26. The maximum absolute atomic E-state index is 12.7. The van der Waals surface area contributed by atoms with Gasteiger partial charge in [-0.2, -0.15) is 0 Å². The smallest absolute Gasteiger partial charge is 0.344 e. The Bertz CT molecular complexity index is 1040. The van der Waals surface area contributed by atoms with Gasteiger partial charge in [0.1, 0.15) is 11.4 Å². The Hall–Kier alpha value is -3.01. The zero-order valence-corrected chi connectivity index (χ0v) is 19.2. The number of amides is 1. The average molecular weight is 456 g/mol. The van der Waals surface area contributed by atoms with Crippen LogP contribution in [0.15, 0.2) is 42.5 Å². The summed E-state index contributed by atoms with van der Waals surface area (Å²) in [4.78, 5) is 26.5. The first-order valence-electron chi connectivity index (χ1n) is 10.3. The molecule has 2 aromatic rings. The van der Waals surface area contributed by atoms with Gasteiger partial charge >= 0.3 is 5.97 Å². The van der Waals surface area contributed by atoms with Crippen LogP contribution in [0.3, 0.4) is 0 Å². The quantitative estimate of drug-likeness (QED) is 0.516. The van der Waals surface area contributed by atoms with Crippen molar-refractivity contribution in [1.82, 2.24) is 4.90 Å². The van der Waals surface area contributed by atoms with Crippen molar-refractivity contribution in [3.63, 3.8) is 0 Å². The Balaban J connectivity index is 1.75. The molecule has 1 aliphatic rings. The summed E-state index contributed by atoms with van der Waals surface area (Å²) in [6, 6.07) is 12.2. The molecule has 0 atom stereocenters. The number of nitrogens with zero attached hydrogens (tertiary/aromatic N) is 1. The van der Waals surface area contributed by atoms with Gasteiger partial charge in [-0.25, -0.2) is 4.79 Å². The number of carbonyl (C=O) groups is 2. The summed E-state index contributed by atoms with van der Waals surface area (Å²) in [5.74, 6) is 6.00. The van der Waals surface area contributed by atoms with E-state index in [9.17, 15) is 9.59 Å². The summed E-state index contributed by atoms with van der Waals surface area (Å²) < 4.78 is 16.2. The van der Waals surface area contributed by atoms with Crippen molar-refractivity contribution < 1.29 is 23.8 Å². The Morgan fingerprint density at radius 3 is 2.56 bits per heavy atom. The molecule has 0 saturated carbocycles. The lowest BCUT2D eigenvalue weighted by atomic mass is 10.1. The molecule has 32 heavy (non-hydrogen) atoms. The van der Waals surface area contributed by atoms with Crippen LogP contribution in [0.25, 0.3) is 0 Å². The molecule has 1 heterocycles. The van der Waals surface area contributed by atoms with Gasteiger partial charge in [-0.3, -0.25) is 4.79 Å². The van der Waals surface area contributed by atoms with Crippen LogP contribution in [-0.4, -0.2) is 55.3 Å². The minimum atomic E-state index is -0.591. The number of carbonyl (C=O) groups excluding carboxylic acids is 2. The molecule has 7 heteroatoms. The van der Waals surface area contributed by atoms with E-state index >= 15 is 0 Å². The molecular weight excluding hydrogens is 430 g/mol. The molecule has 0 unspecified atom stereocenters. The van der Waals surface area contributed by atoms with Crippen LogP contribution in [0, 0.1) is 11.8 Å². The highest BCUT2D eigenvalue weighted by Gasteiger charge is 2.19. The highest BCUT2D eigenvalue weighted by Crippen LogP contribution is 2.23. The Morgan fingerprint density at radius 1 is 1.09 bits per heavy atom. The largest absolute Gasteiger partial charge is 0.481 e. The fourth-order valence-electron chi connectivity index (χ4n) is 3.05. The van der Waals surface area contributed by atoms with E-state index in [2.05, 4.69) is 11.8 Å². The summed E-state index contributed by atoms with van der Waals surface area (Å²) in [6.45, 7) is 7.40. The van der Waals surface area contributed by atoms with E-state index in [4.69, 9.17) is 25.8 Å². The van der Waals surface area contributed by atoms with Crippen LogP contribution < -0.4 is 4.74 Å². The Labute approximate surface area is 193 Å². The standard InChI is InChI=1S/C25H26ClNO5/c1-25(2,3)32-23(28)17-31-22-10-9-21(26)16-19(22)8-7-18-5-4-6-20(15-18)24(29)27-11-13-30-14-12-27/h4-6,9-10,15-16H,11-14,17H2,1-3H3. The zero-order valence-electron chi connectivity index (χ0n) is 18.4. The monoisotopic (exact) mass is 455 g/mol. The molecular formula is C25H26ClNO5. The van der Waals surface area contributed by atoms with Crippen LogP contribution in [0.1, 0.15) is 42.3 Å². The summed E-state index contributed by atoms with van der Waals surface area (Å²) >= 11 is 6.13. The summed E-state index contributed by atoms with van der Waals surface area (Å²) in [5.41, 5.74) is 1.20. The van der Waals surface area contributed by atoms with Crippen molar-refractivity contribution in [2.45, 2.75) is 26.4 Å². The SMILES string of the molecule is CC(C)(C)OC(=O)COc1ccc(Cl)cc1C#Cc1cccc(C(=O)N2CCOCC2)c1. The molecule has 0 bridgehead atoms. The predicted octanol–water partition coefficient (Wildman–Crippen LogP) is 3.93. The number of morpholine rings is 1. The molecule has 1 amide bonds. The number of rotatable bonds is 4. The Morgan fingerprint density at radius 2 is 1.84 bits per heavy atom. The first kappa shape index (κ1) is 23.6. The fourth-order valence-corrected chi connectivity index (χ4v) is 3.22. The van der Waals surface area contributed by atoms with E-state index in [0.717, 1.165) is 0 Å². The number of benzene rings is 2. The lowest BCUT2D eigenvalue weighted by Crippen LogP contribution is -2.40. The average Bonchev–Trinajstić information content (AvgIpc) is 2.76. The predicted molar refractivity (Wildman–Crippen MR) is 122 cm³/mol. The second-order valence-corrected chi connectivity index (χ2v) is 8.69. The van der Waals surface area contributed by atoms with Gasteiger partial charge in [-0.15, -0.1) is 0 Å². The van der Waals surface area contributed by atoms with Crippen molar-refractivity contribution >= 4 is 23.5 Å². The van der Waals surface area contributed by atoms with Gasteiger partial charge in [0.2, 0.25) is 0 Å². The van der Waals surface area contributed by atoms with Gasteiger partial charge < -0.3 is 19.1 Å². The van der Waals surface area contributed by atoms with Crippen LogP contribution in [0.4, 0.5) is 0 Å². The van der Waals surface area contributed by atoms with Gasteiger partial charge in [0.05, 0.1) is 18.8 Å². The first-order valence-corrected chi connectivity index (χ1v) is 10.7. The highest BCUT2D eigenvalue weighted by atomic mass is 35.5. The van der Waals surface area contributed by atoms with E-state index in [1.54, 1.807) is 62.1 Å². The molecule has 3 rings (SSSR count). The third-order valence-corrected chi connectivity index (χ3v) is 4.69. The molecule has 1 fully saturated rings. The zero-order chi connectivity index (χ0) is 23.1. The maximum Gasteiger partial charge on any atom is 0.344 e. The van der Waals surface area contributed by atoms with Crippen LogP contribution >= 0.6 is 11.6 Å². The molecule has 1 aliphatic heterocycles. The van der Waals surface area contributed by atoms with Crippen LogP contribution in [0.5, 0.6) is 5.75 Å². The van der Waals surface area contributed by atoms with Crippen molar-refractivity contribution in [3.8, 4) is 17.6 Å². The molecule has 2 aromatic carbocycles. The maximum atomic E-state index is 12.7. The van der Waals surface area contributed by atoms with E-state index in [-0.39, 0.29) is 12.5 Å². The van der Waals surface area contributed by atoms with Crippen LogP contribution in [-0.2, 0) is 14.3 Å². The number of halogens is 1. The van der Waals surface area contributed by atoms with Gasteiger partial charge in [0, 0.05) is 29.2 Å². The minimum absolute atomic E-state index is 0.0407. The fraction of sp³-hybridized carbons (Fsp3) is 0.360.